The number of hydrogen-bond donors (Lipinski definition) is 0. The molecular weight excluding hydrogens is 222 g/mol. The molecule has 0 amide bonds. The van der Waals surface area contributed by atoms with Crippen LogP contribution in [0.15, 0.2) is 11.1 Å². The van der Waals surface area contributed by atoms with Crippen LogP contribution in [0.25, 0.3) is 0 Å². The quantitative estimate of drug-likeness (QED) is 0.536. The molecule has 2 atom stereocenters. The van der Waals surface area contributed by atoms with Crippen molar-refractivity contribution in [1.29, 1.82) is 0 Å². The van der Waals surface area contributed by atoms with Gasteiger partial charge in [-0.3, -0.25) is 10.1 Å². The van der Waals surface area contributed by atoms with Gasteiger partial charge in [0.1, 0.15) is 0 Å². The Bertz CT molecular complexity index is 288. The molecule has 1 aliphatic heterocycles. The maximum atomic E-state index is 10.9. The first kappa shape index (κ1) is 10.9. The van der Waals surface area contributed by atoms with Gasteiger partial charge < -0.3 is 9.47 Å². The van der Waals surface area contributed by atoms with E-state index < -0.39 is 12.3 Å². The Hall–Kier alpha value is -0.650. The van der Waals surface area contributed by atoms with Crippen LogP contribution in [0, 0.1) is 16.0 Å². The number of allylic oxidation sites excluding steroid dienone is 1. The molecular formula is C9H12ClNO4. The molecule has 0 N–H and O–H groups in total. The van der Waals surface area contributed by atoms with Gasteiger partial charge in [0.05, 0.1) is 19.1 Å². The van der Waals surface area contributed by atoms with Gasteiger partial charge in [-0.1, -0.05) is 17.7 Å². The van der Waals surface area contributed by atoms with Crippen molar-refractivity contribution < 1.29 is 14.4 Å². The van der Waals surface area contributed by atoms with E-state index >= 15 is 0 Å². The second kappa shape index (κ2) is 4.47. The molecule has 84 valence electrons. The molecule has 0 aromatic rings. The lowest BCUT2D eigenvalue weighted by Gasteiger charge is -2.27. The second-order valence-corrected chi connectivity index (χ2v) is 4.20. The molecule has 0 radical (unpaired) electrons. The summed E-state index contributed by atoms with van der Waals surface area (Å²) < 4.78 is 10.6. The minimum absolute atomic E-state index is 0.264. The van der Waals surface area contributed by atoms with Gasteiger partial charge in [0.25, 0.3) is 0 Å². The average Bonchev–Trinajstić information content (AvgIpc) is 2.69. The molecule has 1 aliphatic carbocycles. The molecule has 0 aromatic carbocycles. The van der Waals surface area contributed by atoms with Gasteiger partial charge in [-0.05, 0) is 6.42 Å². The van der Waals surface area contributed by atoms with Gasteiger partial charge in [0, 0.05) is 16.4 Å². The highest BCUT2D eigenvalue weighted by atomic mass is 35.5. The van der Waals surface area contributed by atoms with E-state index in [4.69, 9.17) is 21.1 Å². The summed E-state index contributed by atoms with van der Waals surface area (Å²) in [4.78, 5) is 10.6. The van der Waals surface area contributed by atoms with Gasteiger partial charge in [-0.25, -0.2) is 0 Å². The summed E-state index contributed by atoms with van der Waals surface area (Å²) in [6.45, 7) is 1.01. The smallest absolute Gasteiger partial charge is 0.224 e. The molecule has 1 saturated heterocycles. The zero-order chi connectivity index (χ0) is 10.8. The van der Waals surface area contributed by atoms with Crippen LogP contribution in [0.3, 0.4) is 0 Å². The first-order valence-electron chi connectivity index (χ1n) is 4.89. The summed E-state index contributed by atoms with van der Waals surface area (Å²) in [6, 6.07) is -0.643. The highest BCUT2D eigenvalue weighted by molar-refractivity contribution is 6.29. The fourth-order valence-corrected chi connectivity index (χ4v) is 2.28. The second-order valence-electron chi connectivity index (χ2n) is 3.72. The standard InChI is InChI=1S/C9H12ClNO4/c10-6-1-2-8(11(12)13)7(5-6)9-14-3-4-15-9/h1,7-9H,2-5H2/t7-,8+/m0/s1. The summed E-state index contributed by atoms with van der Waals surface area (Å²) in [5.74, 6) is -0.264. The molecule has 1 fully saturated rings. The zero-order valence-corrected chi connectivity index (χ0v) is 8.85. The number of hydrogen-bond acceptors (Lipinski definition) is 4. The lowest BCUT2D eigenvalue weighted by Crippen LogP contribution is -2.39. The van der Waals surface area contributed by atoms with Crippen molar-refractivity contribution >= 4 is 11.6 Å². The maximum absolute atomic E-state index is 10.9. The topological polar surface area (TPSA) is 61.6 Å². The minimum Gasteiger partial charge on any atom is -0.350 e. The predicted octanol–water partition coefficient (Wildman–Crippen LogP) is 1.54. The number of halogens is 1. The minimum atomic E-state index is -0.643. The molecule has 2 rings (SSSR count). The first-order valence-corrected chi connectivity index (χ1v) is 5.27. The van der Waals surface area contributed by atoms with Gasteiger partial charge in [0.15, 0.2) is 6.29 Å². The zero-order valence-electron chi connectivity index (χ0n) is 8.10. The summed E-state index contributed by atoms with van der Waals surface area (Å²) in [5.41, 5.74) is 0. The molecule has 0 saturated carbocycles. The molecule has 0 bridgehead atoms. The number of rotatable bonds is 2. The van der Waals surface area contributed by atoms with Gasteiger partial charge in [-0.2, -0.15) is 0 Å². The summed E-state index contributed by atoms with van der Waals surface area (Å²) in [6.07, 6.45) is 2.07. The summed E-state index contributed by atoms with van der Waals surface area (Å²) >= 11 is 5.89. The van der Waals surface area contributed by atoms with Crippen LogP contribution >= 0.6 is 11.6 Å². The van der Waals surface area contributed by atoms with Crippen LogP contribution in [0.1, 0.15) is 12.8 Å². The van der Waals surface area contributed by atoms with E-state index in [0.29, 0.717) is 31.1 Å². The maximum Gasteiger partial charge on any atom is 0.224 e. The Balaban J connectivity index is 2.11. The SMILES string of the molecule is O=[N+]([O-])[C@@H]1CC=C(Cl)C[C@@H]1C1OCCO1. The Morgan fingerprint density at radius 1 is 1.47 bits per heavy atom. The van der Waals surface area contributed by atoms with E-state index in [0.717, 1.165) is 0 Å². The Morgan fingerprint density at radius 2 is 2.13 bits per heavy atom. The lowest BCUT2D eigenvalue weighted by atomic mass is 9.88. The Kier molecular flexibility index (Phi) is 3.23. The largest absolute Gasteiger partial charge is 0.350 e. The van der Waals surface area contributed by atoms with Crippen LogP contribution in [-0.2, 0) is 9.47 Å². The molecule has 6 heteroatoms. The fraction of sp³-hybridized carbons (Fsp3) is 0.778. The Labute approximate surface area is 92.1 Å². The van der Waals surface area contributed by atoms with E-state index in [1.54, 1.807) is 6.08 Å². The van der Waals surface area contributed by atoms with Crippen molar-refractivity contribution in [3.8, 4) is 0 Å². The van der Waals surface area contributed by atoms with Crippen LogP contribution in [0.2, 0.25) is 0 Å². The van der Waals surface area contributed by atoms with E-state index in [1.807, 2.05) is 0 Å². The van der Waals surface area contributed by atoms with Crippen molar-refractivity contribution in [2.24, 2.45) is 5.92 Å². The number of nitrogens with zero attached hydrogens (tertiary/aromatic N) is 1. The van der Waals surface area contributed by atoms with Crippen LogP contribution in [-0.4, -0.2) is 30.5 Å². The number of nitro groups is 1. The van der Waals surface area contributed by atoms with Crippen LogP contribution in [0.5, 0.6) is 0 Å². The van der Waals surface area contributed by atoms with Crippen molar-refractivity contribution in [1.82, 2.24) is 0 Å². The summed E-state index contributed by atoms with van der Waals surface area (Å²) in [5, 5.41) is 11.5. The van der Waals surface area contributed by atoms with Crippen molar-refractivity contribution in [2.75, 3.05) is 13.2 Å². The van der Waals surface area contributed by atoms with E-state index in [-0.39, 0.29) is 10.8 Å². The van der Waals surface area contributed by atoms with E-state index in [9.17, 15) is 10.1 Å². The Morgan fingerprint density at radius 3 is 2.73 bits per heavy atom. The molecule has 0 aromatic heterocycles. The number of ether oxygens (including phenoxy) is 2. The van der Waals surface area contributed by atoms with E-state index in [2.05, 4.69) is 0 Å². The molecule has 1 heterocycles. The highest BCUT2D eigenvalue weighted by Crippen LogP contribution is 2.33. The highest BCUT2D eigenvalue weighted by Gasteiger charge is 2.42. The van der Waals surface area contributed by atoms with E-state index in [1.165, 1.54) is 0 Å². The molecule has 0 unspecified atom stereocenters. The molecule has 15 heavy (non-hydrogen) atoms. The molecule has 5 nitrogen and oxygen atoms in total. The third kappa shape index (κ3) is 2.30. The molecule has 0 spiro atoms. The average molecular weight is 234 g/mol. The van der Waals surface area contributed by atoms with Gasteiger partial charge in [-0.15, -0.1) is 0 Å². The lowest BCUT2D eigenvalue weighted by molar-refractivity contribution is -0.537. The van der Waals surface area contributed by atoms with Gasteiger partial charge >= 0.3 is 0 Å². The van der Waals surface area contributed by atoms with Gasteiger partial charge in [0.2, 0.25) is 6.04 Å². The van der Waals surface area contributed by atoms with Crippen LogP contribution in [0.4, 0.5) is 0 Å². The van der Waals surface area contributed by atoms with Crippen LogP contribution < -0.4 is 0 Å². The monoisotopic (exact) mass is 233 g/mol. The first-order chi connectivity index (χ1) is 7.18. The molecule has 2 aliphatic rings. The third-order valence-corrected chi connectivity index (χ3v) is 3.08. The summed E-state index contributed by atoms with van der Waals surface area (Å²) in [7, 11) is 0. The van der Waals surface area contributed by atoms with Crippen molar-refractivity contribution in [3.63, 3.8) is 0 Å². The third-order valence-electron chi connectivity index (χ3n) is 2.77. The van der Waals surface area contributed by atoms with Crippen molar-refractivity contribution in [3.05, 3.63) is 21.2 Å². The normalized spacial score (nSPS) is 32.7. The fourth-order valence-electron chi connectivity index (χ4n) is 2.01. The predicted molar refractivity (Wildman–Crippen MR) is 53.1 cm³/mol. The van der Waals surface area contributed by atoms with Crippen molar-refractivity contribution in [2.45, 2.75) is 25.2 Å².